The summed E-state index contributed by atoms with van der Waals surface area (Å²) in [5.74, 6) is -1.44. The lowest BCUT2D eigenvalue weighted by molar-refractivity contribution is -0.140. The Hall–Kier alpha value is -1.40. The predicted octanol–water partition coefficient (Wildman–Crippen LogP) is 2.42. The number of hydrogen-bond acceptors (Lipinski definition) is 3. The van der Waals surface area contributed by atoms with Crippen LogP contribution in [0.5, 0.6) is 0 Å². The van der Waals surface area contributed by atoms with Gasteiger partial charge in [-0.1, -0.05) is 45.7 Å². The van der Waals surface area contributed by atoms with Gasteiger partial charge in [0.1, 0.15) is 6.04 Å². The van der Waals surface area contributed by atoms with Crippen molar-refractivity contribution in [1.29, 1.82) is 0 Å². The van der Waals surface area contributed by atoms with E-state index in [1.54, 1.807) is 19.1 Å². The van der Waals surface area contributed by atoms with Gasteiger partial charge in [0.2, 0.25) is 10.0 Å². The van der Waals surface area contributed by atoms with Crippen molar-refractivity contribution >= 4 is 16.0 Å². The largest absolute Gasteiger partial charge is 0.480 e. The highest BCUT2D eigenvalue weighted by Crippen LogP contribution is 2.15. The first kappa shape index (κ1) is 17.7. The summed E-state index contributed by atoms with van der Waals surface area (Å²) in [6.45, 7) is 5.59. The number of carboxylic acids is 1. The number of sulfonamides is 1. The molecule has 0 unspecified atom stereocenters. The highest BCUT2D eigenvalue weighted by Gasteiger charge is 2.29. The molecule has 0 fully saturated rings. The molecule has 0 spiro atoms. The van der Waals surface area contributed by atoms with E-state index in [1.165, 1.54) is 12.1 Å². The Labute approximate surface area is 126 Å². The Morgan fingerprint density at radius 2 is 1.81 bits per heavy atom. The van der Waals surface area contributed by atoms with E-state index in [0.29, 0.717) is 6.42 Å². The van der Waals surface area contributed by atoms with E-state index in [4.69, 9.17) is 0 Å². The van der Waals surface area contributed by atoms with Crippen molar-refractivity contribution in [1.82, 2.24) is 4.72 Å². The average molecular weight is 313 g/mol. The number of nitrogens with one attached hydrogen (secondary N) is 1. The summed E-state index contributed by atoms with van der Waals surface area (Å²) >= 11 is 0. The molecule has 0 radical (unpaired) electrons. The van der Waals surface area contributed by atoms with E-state index in [2.05, 4.69) is 11.6 Å². The monoisotopic (exact) mass is 313 g/mol. The maximum atomic E-state index is 12.3. The second-order valence-electron chi connectivity index (χ2n) is 5.22. The van der Waals surface area contributed by atoms with Gasteiger partial charge in [-0.05, 0) is 30.0 Å². The molecule has 1 rings (SSSR count). The van der Waals surface area contributed by atoms with Gasteiger partial charge >= 0.3 is 5.97 Å². The van der Waals surface area contributed by atoms with E-state index in [0.717, 1.165) is 18.4 Å². The summed E-state index contributed by atoms with van der Waals surface area (Å²) in [5.41, 5.74) is 1.06. The van der Waals surface area contributed by atoms with Crippen molar-refractivity contribution in [3.8, 4) is 0 Å². The van der Waals surface area contributed by atoms with Crippen LogP contribution in [-0.2, 0) is 21.2 Å². The van der Waals surface area contributed by atoms with Gasteiger partial charge in [0.05, 0.1) is 4.90 Å². The number of aryl methyl sites for hydroxylation is 1. The van der Waals surface area contributed by atoms with Crippen LogP contribution < -0.4 is 4.72 Å². The van der Waals surface area contributed by atoms with Crippen LogP contribution in [0.1, 0.15) is 39.2 Å². The third kappa shape index (κ3) is 4.82. The van der Waals surface area contributed by atoms with Crippen LogP contribution in [-0.4, -0.2) is 25.5 Å². The van der Waals surface area contributed by atoms with Crippen molar-refractivity contribution in [3.05, 3.63) is 29.8 Å². The topological polar surface area (TPSA) is 83.5 Å². The maximum absolute atomic E-state index is 12.3. The lowest BCUT2D eigenvalue weighted by atomic mass is 10.0. The minimum atomic E-state index is -3.82. The third-order valence-corrected chi connectivity index (χ3v) is 4.99. The molecule has 118 valence electrons. The van der Waals surface area contributed by atoms with Crippen molar-refractivity contribution in [2.45, 2.75) is 51.0 Å². The van der Waals surface area contributed by atoms with Gasteiger partial charge in [-0.25, -0.2) is 8.42 Å². The molecular weight excluding hydrogens is 290 g/mol. The van der Waals surface area contributed by atoms with Gasteiger partial charge < -0.3 is 5.11 Å². The molecule has 0 aliphatic rings. The van der Waals surface area contributed by atoms with Crippen molar-refractivity contribution in [3.63, 3.8) is 0 Å². The molecule has 0 aliphatic carbocycles. The van der Waals surface area contributed by atoms with Crippen molar-refractivity contribution < 1.29 is 18.3 Å². The van der Waals surface area contributed by atoms with Gasteiger partial charge in [-0.2, -0.15) is 4.72 Å². The lowest BCUT2D eigenvalue weighted by Gasteiger charge is -2.20. The first-order chi connectivity index (χ1) is 9.81. The Morgan fingerprint density at radius 3 is 2.24 bits per heavy atom. The molecule has 6 heteroatoms. The van der Waals surface area contributed by atoms with Crippen LogP contribution in [0.3, 0.4) is 0 Å². The standard InChI is InChI=1S/C15H23NO4S/c1-4-6-12-7-9-13(10-8-12)21(19,20)16-14(15(17)18)11(3)5-2/h7-11,14,16H,4-6H2,1-3H3,(H,17,18)/t11-,14-/m0/s1. The van der Waals surface area contributed by atoms with Crippen LogP contribution >= 0.6 is 0 Å². The Morgan fingerprint density at radius 1 is 1.24 bits per heavy atom. The fourth-order valence-electron chi connectivity index (χ4n) is 2.00. The summed E-state index contributed by atoms with van der Waals surface area (Å²) in [5, 5.41) is 9.17. The summed E-state index contributed by atoms with van der Waals surface area (Å²) in [7, 11) is -3.82. The van der Waals surface area contributed by atoms with Gasteiger partial charge in [-0.3, -0.25) is 4.79 Å². The van der Waals surface area contributed by atoms with Gasteiger partial charge in [-0.15, -0.1) is 0 Å². The maximum Gasteiger partial charge on any atom is 0.322 e. The molecule has 0 aromatic heterocycles. The molecule has 0 bridgehead atoms. The fourth-order valence-corrected chi connectivity index (χ4v) is 3.30. The van der Waals surface area contributed by atoms with E-state index in [-0.39, 0.29) is 10.8 Å². The highest BCUT2D eigenvalue weighted by molar-refractivity contribution is 7.89. The van der Waals surface area contributed by atoms with Crippen LogP contribution in [0.4, 0.5) is 0 Å². The summed E-state index contributed by atoms with van der Waals surface area (Å²) in [6, 6.07) is 5.44. The Kier molecular flexibility index (Phi) is 6.36. The minimum Gasteiger partial charge on any atom is -0.480 e. The smallest absolute Gasteiger partial charge is 0.322 e. The molecular formula is C15H23NO4S. The zero-order chi connectivity index (χ0) is 16.0. The van der Waals surface area contributed by atoms with Crippen LogP contribution in [0.25, 0.3) is 0 Å². The number of carbonyl (C=O) groups is 1. The van der Waals surface area contributed by atoms with Gasteiger partial charge in [0, 0.05) is 0 Å². The SMILES string of the molecule is CCCc1ccc(S(=O)(=O)N[C@H](C(=O)O)[C@@H](C)CC)cc1. The van der Waals surface area contributed by atoms with Crippen LogP contribution in [0.15, 0.2) is 29.2 Å². The Balaban J connectivity index is 2.96. The summed E-state index contributed by atoms with van der Waals surface area (Å²) < 4.78 is 26.8. The molecule has 1 aromatic carbocycles. The molecule has 1 aromatic rings. The molecule has 5 nitrogen and oxygen atoms in total. The number of benzene rings is 1. The molecule has 2 N–H and O–H groups in total. The predicted molar refractivity (Wildman–Crippen MR) is 81.6 cm³/mol. The molecule has 0 saturated heterocycles. The zero-order valence-electron chi connectivity index (χ0n) is 12.7. The van der Waals surface area contributed by atoms with Crippen molar-refractivity contribution in [2.75, 3.05) is 0 Å². The third-order valence-electron chi connectivity index (χ3n) is 3.53. The second-order valence-corrected chi connectivity index (χ2v) is 6.93. The Bertz CT molecular complexity index is 566. The minimum absolute atomic E-state index is 0.0944. The van der Waals surface area contributed by atoms with Gasteiger partial charge in [0.15, 0.2) is 0 Å². The first-order valence-corrected chi connectivity index (χ1v) is 8.64. The summed E-state index contributed by atoms with van der Waals surface area (Å²) in [4.78, 5) is 11.3. The van der Waals surface area contributed by atoms with Crippen molar-refractivity contribution in [2.24, 2.45) is 5.92 Å². The molecule has 2 atom stereocenters. The second kappa shape index (κ2) is 7.56. The molecule has 0 heterocycles. The molecule has 0 saturated carbocycles. The van der Waals surface area contributed by atoms with Crippen LogP contribution in [0, 0.1) is 5.92 Å². The lowest BCUT2D eigenvalue weighted by Crippen LogP contribution is -2.44. The average Bonchev–Trinajstić information content (AvgIpc) is 2.44. The first-order valence-electron chi connectivity index (χ1n) is 7.15. The van der Waals surface area contributed by atoms with E-state index in [1.807, 2.05) is 6.92 Å². The van der Waals surface area contributed by atoms with Crippen LogP contribution in [0.2, 0.25) is 0 Å². The number of rotatable bonds is 8. The molecule has 21 heavy (non-hydrogen) atoms. The number of aliphatic carboxylic acids is 1. The summed E-state index contributed by atoms with van der Waals surface area (Å²) in [6.07, 6.45) is 2.45. The number of hydrogen-bond donors (Lipinski definition) is 2. The number of carboxylic acid groups (broad SMARTS) is 1. The fraction of sp³-hybridized carbons (Fsp3) is 0.533. The van der Waals surface area contributed by atoms with Gasteiger partial charge in [0.25, 0.3) is 0 Å². The molecule has 0 aliphatic heterocycles. The molecule has 0 amide bonds. The van der Waals surface area contributed by atoms with E-state index < -0.39 is 22.0 Å². The normalized spacial score (nSPS) is 14.6. The van der Waals surface area contributed by atoms with E-state index in [9.17, 15) is 18.3 Å². The quantitative estimate of drug-likeness (QED) is 0.772. The zero-order valence-corrected chi connectivity index (χ0v) is 13.5. The highest BCUT2D eigenvalue weighted by atomic mass is 32.2. The van der Waals surface area contributed by atoms with E-state index >= 15 is 0 Å².